The zero-order valence-corrected chi connectivity index (χ0v) is 22.1. The zero-order valence-electron chi connectivity index (χ0n) is 18.9. The van der Waals surface area contributed by atoms with E-state index in [4.69, 9.17) is 18.9 Å². The first-order chi connectivity index (χ1) is 16.0. The summed E-state index contributed by atoms with van der Waals surface area (Å²) in [4.78, 5) is 11.2. The molecule has 0 atom stereocenters. The fourth-order valence-electron chi connectivity index (χ4n) is 2.44. The SMILES string of the molecule is CC(=CCOc1ccc2c(c1)OCO2)CBr.COC(=O)c1ccc(OCC=C(C)CBr)cc1. The summed E-state index contributed by atoms with van der Waals surface area (Å²) >= 11 is 6.74. The van der Waals surface area contributed by atoms with Gasteiger partial charge in [-0.25, -0.2) is 4.79 Å². The number of carbonyl (C=O) groups is 1. The van der Waals surface area contributed by atoms with Gasteiger partial charge < -0.3 is 23.7 Å². The number of rotatable bonds is 9. The molecule has 3 rings (SSSR count). The number of allylic oxidation sites excluding steroid dienone is 2. The largest absolute Gasteiger partial charge is 0.490 e. The highest BCUT2D eigenvalue weighted by Gasteiger charge is 2.13. The normalized spacial score (nSPS) is 12.5. The molecule has 33 heavy (non-hydrogen) atoms. The van der Waals surface area contributed by atoms with Gasteiger partial charge in [0.2, 0.25) is 6.79 Å². The Morgan fingerprint density at radius 1 is 0.879 bits per heavy atom. The van der Waals surface area contributed by atoms with E-state index in [0.29, 0.717) is 25.6 Å². The topological polar surface area (TPSA) is 63.2 Å². The molecule has 0 amide bonds. The van der Waals surface area contributed by atoms with Crippen molar-refractivity contribution >= 4 is 37.8 Å². The number of alkyl halides is 2. The number of hydrogen-bond donors (Lipinski definition) is 0. The summed E-state index contributed by atoms with van der Waals surface area (Å²) in [5.41, 5.74) is 2.99. The number of carbonyl (C=O) groups excluding carboxylic acids is 1. The predicted octanol–water partition coefficient (Wildman–Crippen LogP) is 6.33. The minimum Gasteiger partial charge on any atom is -0.490 e. The molecule has 0 saturated carbocycles. The van der Waals surface area contributed by atoms with E-state index in [-0.39, 0.29) is 5.97 Å². The summed E-state index contributed by atoms with van der Waals surface area (Å²) in [7, 11) is 1.36. The average molecular weight is 584 g/mol. The van der Waals surface area contributed by atoms with E-state index >= 15 is 0 Å². The minimum absolute atomic E-state index is 0.293. The molecule has 0 unspecified atom stereocenters. The van der Waals surface area contributed by atoms with Gasteiger partial charge in [0, 0.05) is 16.7 Å². The summed E-state index contributed by atoms with van der Waals surface area (Å²) in [5.74, 6) is 2.71. The number of fused-ring (bicyclic) bond motifs is 1. The third-order valence-corrected chi connectivity index (χ3v) is 6.17. The van der Waals surface area contributed by atoms with Crippen LogP contribution in [-0.4, -0.2) is 43.7 Å². The standard InChI is InChI=1S/C13H15BrO3.C12H13BrO3/c1-10(9-14)7-8-17-12-5-3-11(4-6-12)13(15)16-2;1-9(7-13)4-5-14-10-2-3-11-12(6-10)16-8-15-11/h3-7H,8-9H2,1-2H3;2-4,6H,5,7-8H2,1H3. The lowest BCUT2D eigenvalue weighted by atomic mass is 10.2. The van der Waals surface area contributed by atoms with Crippen LogP contribution in [-0.2, 0) is 4.74 Å². The van der Waals surface area contributed by atoms with Crippen molar-refractivity contribution < 1.29 is 28.5 Å². The number of ether oxygens (including phenoxy) is 5. The van der Waals surface area contributed by atoms with Crippen LogP contribution < -0.4 is 18.9 Å². The summed E-state index contributed by atoms with van der Waals surface area (Å²) in [6, 6.07) is 12.5. The van der Waals surface area contributed by atoms with E-state index in [1.807, 2.05) is 37.3 Å². The van der Waals surface area contributed by atoms with Gasteiger partial charge in [-0.1, -0.05) is 43.0 Å². The molecular formula is C25H28Br2O6. The maximum atomic E-state index is 11.2. The van der Waals surface area contributed by atoms with Crippen LogP contribution in [0.2, 0.25) is 0 Å². The van der Waals surface area contributed by atoms with Gasteiger partial charge in [-0.2, -0.15) is 0 Å². The van der Waals surface area contributed by atoms with Gasteiger partial charge in [0.05, 0.1) is 12.7 Å². The molecule has 178 valence electrons. The lowest BCUT2D eigenvalue weighted by Gasteiger charge is -2.04. The number of methoxy groups -OCH3 is 1. The molecule has 0 bridgehead atoms. The van der Waals surface area contributed by atoms with Gasteiger partial charge in [-0.15, -0.1) is 0 Å². The molecule has 0 saturated heterocycles. The third-order valence-electron chi connectivity index (χ3n) is 4.40. The van der Waals surface area contributed by atoms with Crippen LogP contribution in [0.15, 0.2) is 65.8 Å². The van der Waals surface area contributed by atoms with Crippen molar-refractivity contribution in [3.63, 3.8) is 0 Å². The van der Waals surface area contributed by atoms with Gasteiger partial charge in [0.1, 0.15) is 24.7 Å². The van der Waals surface area contributed by atoms with Gasteiger partial charge in [-0.3, -0.25) is 0 Å². The molecule has 6 nitrogen and oxygen atoms in total. The molecule has 0 radical (unpaired) electrons. The molecule has 0 aliphatic carbocycles. The summed E-state index contributed by atoms with van der Waals surface area (Å²) < 4.78 is 26.2. The zero-order chi connectivity index (χ0) is 24.1. The Hall–Kier alpha value is -2.45. The van der Waals surface area contributed by atoms with E-state index in [9.17, 15) is 4.79 Å². The lowest BCUT2D eigenvalue weighted by Crippen LogP contribution is -2.01. The van der Waals surface area contributed by atoms with Crippen LogP contribution in [0.4, 0.5) is 0 Å². The summed E-state index contributed by atoms with van der Waals surface area (Å²) in [6.45, 7) is 5.46. The van der Waals surface area contributed by atoms with Crippen molar-refractivity contribution in [1.29, 1.82) is 0 Å². The van der Waals surface area contributed by atoms with Crippen molar-refractivity contribution in [3.05, 3.63) is 71.3 Å². The molecule has 1 aliphatic rings. The van der Waals surface area contributed by atoms with E-state index in [0.717, 1.165) is 33.7 Å². The Labute approximate surface area is 211 Å². The quantitative estimate of drug-likeness (QED) is 0.195. The molecule has 1 heterocycles. The molecule has 0 spiro atoms. The fraction of sp³-hybridized carbons (Fsp3) is 0.320. The van der Waals surface area contributed by atoms with Gasteiger partial charge in [0.25, 0.3) is 0 Å². The van der Waals surface area contributed by atoms with E-state index in [1.54, 1.807) is 24.3 Å². The number of halogens is 2. The van der Waals surface area contributed by atoms with E-state index in [1.165, 1.54) is 18.3 Å². The lowest BCUT2D eigenvalue weighted by molar-refractivity contribution is 0.0600. The molecule has 0 aromatic heterocycles. The van der Waals surface area contributed by atoms with Crippen LogP contribution >= 0.6 is 31.9 Å². The van der Waals surface area contributed by atoms with Crippen LogP contribution in [0, 0.1) is 0 Å². The second-order valence-corrected chi connectivity index (χ2v) is 8.14. The minimum atomic E-state index is -0.341. The van der Waals surface area contributed by atoms with Crippen molar-refractivity contribution in [2.24, 2.45) is 0 Å². The number of benzene rings is 2. The highest BCUT2D eigenvalue weighted by atomic mass is 79.9. The van der Waals surface area contributed by atoms with Crippen LogP contribution in [0.5, 0.6) is 23.0 Å². The van der Waals surface area contributed by atoms with Gasteiger partial charge in [0.15, 0.2) is 11.5 Å². The molecule has 1 aliphatic heterocycles. The molecule has 8 heteroatoms. The first-order valence-corrected chi connectivity index (χ1v) is 12.5. The first kappa shape index (κ1) is 26.8. The first-order valence-electron chi connectivity index (χ1n) is 10.2. The second kappa shape index (κ2) is 14.6. The smallest absolute Gasteiger partial charge is 0.337 e. The average Bonchev–Trinajstić information content (AvgIpc) is 3.32. The number of hydrogen-bond acceptors (Lipinski definition) is 6. The Kier molecular flexibility index (Phi) is 11.9. The fourth-order valence-corrected chi connectivity index (χ4v) is 2.90. The van der Waals surface area contributed by atoms with Crippen LogP contribution in [0.3, 0.4) is 0 Å². The summed E-state index contributed by atoms with van der Waals surface area (Å²) in [5, 5.41) is 1.72. The second-order valence-electron chi connectivity index (χ2n) is 7.02. The van der Waals surface area contributed by atoms with Gasteiger partial charge in [-0.05, 0) is 62.4 Å². The molecular weight excluding hydrogens is 556 g/mol. The maximum absolute atomic E-state index is 11.2. The maximum Gasteiger partial charge on any atom is 0.337 e. The Balaban J connectivity index is 0.000000234. The molecule has 0 fully saturated rings. The molecule has 2 aromatic carbocycles. The Morgan fingerprint density at radius 3 is 2.00 bits per heavy atom. The van der Waals surface area contributed by atoms with Crippen molar-refractivity contribution in [2.75, 3.05) is 37.8 Å². The molecule has 2 aromatic rings. The molecule has 0 N–H and O–H groups in total. The number of esters is 1. The van der Waals surface area contributed by atoms with Crippen molar-refractivity contribution in [1.82, 2.24) is 0 Å². The highest BCUT2D eigenvalue weighted by molar-refractivity contribution is 9.09. The van der Waals surface area contributed by atoms with Crippen molar-refractivity contribution in [2.45, 2.75) is 13.8 Å². The Bertz CT molecular complexity index is 954. The van der Waals surface area contributed by atoms with E-state index in [2.05, 4.69) is 43.5 Å². The van der Waals surface area contributed by atoms with Gasteiger partial charge >= 0.3 is 5.97 Å². The van der Waals surface area contributed by atoms with Crippen LogP contribution in [0.1, 0.15) is 24.2 Å². The van der Waals surface area contributed by atoms with E-state index < -0.39 is 0 Å². The van der Waals surface area contributed by atoms with Crippen molar-refractivity contribution in [3.8, 4) is 23.0 Å². The Morgan fingerprint density at radius 2 is 1.42 bits per heavy atom. The summed E-state index contributed by atoms with van der Waals surface area (Å²) in [6.07, 6.45) is 4.04. The van der Waals surface area contributed by atoms with Crippen LogP contribution in [0.25, 0.3) is 0 Å². The predicted molar refractivity (Wildman–Crippen MR) is 136 cm³/mol. The monoisotopic (exact) mass is 582 g/mol. The highest BCUT2D eigenvalue weighted by Crippen LogP contribution is 2.35. The third kappa shape index (κ3) is 9.52.